The number of nitro benzene ring substituents is 1. The predicted molar refractivity (Wildman–Crippen MR) is 75.8 cm³/mol. The second kappa shape index (κ2) is 6.53. The highest BCUT2D eigenvalue weighted by molar-refractivity contribution is 5.66. The van der Waals surface area contributed by atoms with Crippen molar-refractivity contribution in [1.29, 1.82) is 0 Å². The van der Waals surface area contributed by atoms with Crippen molar-refractivity contribution in [3.05, 3.63) is 68.6 Å². The molecule has 0 aliphatic rings. The molecule has 0 atom stereocenters. The van der Waals surface area contributed by atoms with Crippen molar-refractivity contribution in [2.24, 2.45) is 0 Å². The molecule has 2 rings (SSSR count). The number of nitro groups is 1. The number of aromatic nitrogens is 1. The van der Waals surface area contributed by atoms with Gasteiger partial charge in [-0.05, 0) is 29.8 Å². The van der Waals surface area contributed by atoms with Gasteiger partial charge >= 0.3 is 5.97 Å². The number of rotatable bonds is 6. The molecule has 0 amide bonds. The predicted octanol–water partition coefficient (Wildman–Crippen LogP) is 1.42. The number of hydrogen-bond acceptors (Lipinski definition) is 5. The van der Waals surface area contributed by atoms with Gasteiger partial charge in [-0.3, -0.25) is 19.7 Å². The lowest BCUT2D eigenvalue weighted by Gasteiger charge is -2.08. The Bertz CT molecular complexity index is 751. The van der Waals surface area contributed by atoms with Gasteiger partial charge in [-0.15, -0.1) is 0 Å². The fourth-order valence-corrected chi connectivity index (χ4v) is 1.77. The van der Waals surface area contributed by atoms with Crippen LogP contribution in [0, 0.1) is 10.1 Å². The summed E-state index contributed by atoms with van der Waals surface area (Å²) in [6, 6.07) is 8.67. The molecule has 1 aromatic heterocycles. The maximum atomic E-state index is 12.0. The van der Waals surface area contributed by atoms with Gasteiger partial charge in [0.15, 0.2) is 5.75 Å². The van der Waals surface area contributed by atoms with E-state index in [9.17, 15) is 19.7 Å². The number of nitrogens with zero attached hydrogens (tertiary/aromatic N) is 2. The molecule has 1 heterocycles. The zero-order chi connectivity index (χ0) is 16.1. The van der Waals surface area contributed by atoms with E-state index < -0.39 is 23.0 Å². The van der Waals surface area contributed by atoms with Gasteiger partial charge in [-0.25, -0.2) is 0 Å². The van der Waals surface area contributed by atoms with Crippen molar-refractivity contribution in [2.45, 2.75) is 13.2 Å². The Hall–Kier alpha value is -3.16. The zero-order valence-corrected chi connectivity index (χ0v) is 11.3. The lowest BCUT2D eigenvalue weighted by molar-refractivity contribution is -0.384. The highest BCUT2D eigenvalue weighted by Crippen LogP contribution is 2.13. The lowest BCUT2D eigenvalue weighted by atomic mass is 10.2. The van der Waals surface area contributed by atoms with Crippen LogP contribution in [0.3, 0.4) is 0 Å². The van der Waals surface area contributed by atoms with E-state index in [4.69, 9.17) is 9.84 Å². The summed E-state index contributed by atoms with van der Waals surface area (Å²) < 4.78 is 6.37. The van der Waals surface area contributed by atoms with Crippen LogP contribution in [0.4, 0.5) is 5.69 Å². The molecular formula is C14H12N2O6. The molecule has 1 aromatic carbocycles. The van der Waals surface area contributed by atoms with Crippen LogP contribution in [0.25, 0.3) is 0 Å². The molecule has 2 aromatic rings. The summed E-state index contributed by atoms with van der Waals surface area (Å²) in [5.41, 5.74) is 0.0673. The Morgan fingerprint density at radius 1 is 1.27 bits per heavy atom. The number of benzene rings is 1. The van der Waals surface area contributed by atoms with Crippen LogP contribution in [-0.2, 0) is 17.9 Å². The summed E-state index contributed by atoms with van der Waals surface area (Å²) in [5.74, 6) is -1.11. The average Bonchev–Trinajstić information content (AvgIpc) is 2.48. The third-order valence-electron chi connectivity index (χ3n) is 2.83. The number of aliphatic carboxylic acids is 1. The monoisotopic (exact) mass is 304 g/mol. The van der Waals surface area contributed by atoms with E-state index in [1.54, 1.807) is 0 Å². The summed E-state index contributed by atoms with van der Waals surface area (Å²) >= 11 is 0. The lowest BCUT2D eigenvalue weighted by Crippen LogP contribution is -2.24. The van der Waals surface area contributed by atoms with Crippen molar-refractivity contribution < 1.29 is 19.6 Å². The van der Waals surface area contributed by atoms with E-state index in [0.717, 1.165) is 4.57 Å². The number of ether oxygens (including phenoxy) is 1. The molecule has 0 bridgehead atoms. The molecule has 0 aliphatic heterocycles. The fraction of sp³-hybridized carbons (Fsp3) is 0.143. The summed E-state index contributed by atoms with van der Waals surface area (Å²) in [7, 11) is 0. The molecule has 0 unspecified atom stereocenters. The van der Waals surface area contributed by atoms with E-state index in [0.29, 0.717) is 5.56 Å². The Balaban J connectivity index is 2.10. The van der Waals surface area contributed by atoms with Gasteiger partial charge in [0, 0.05) is 18.3 Å². The molecule has 0 saturated heterocycles. The van der Waals surface area contributed by atoms with Gasteiger partial charge in [0.25, 0.3) is 11.2 Å². The van der Waals surface area contributed by atoms with Crippen LogP contribution in [0.2, 0.25) is 0 Å². The third kappa shape index (κ3) is 3.69. The number of carboxylic acid groups (broad SMARTS) is 1. The standard InChI is InChI=1S/C14H12N2O6/c17-13(18)8-15-7-1-2-12(14(15)19)22-9-10-3-5-11(6-4-10)16(20)21/h1-7H,8-9H2,(H,17,18). The largest absolute Gasteiger partial charge is 0.483 e. The molecule has 22 heavy (non-hydrogen) atoms. The zero-order valence-electron chi connectivity index (χ0n) is 11.3. The van der Waals surface area contributed by atoms with Crippen molar-refractivity contribution in [2.75, 3.05) is 0 Å². The van der Waals surface area contributed by atoms with E-state index in [1.165, 1.54) is 42.6 Å². The van der Waals surface area contributed by atoms with Crippen LogP contribution in [0.15, 0.2) is 47.4 Å². The minimum Gasteiger partial charge on any atom is -0.483 e. The third-order valence-corrected chi connectivity index (χ3v) is 2.83. The molecule has 0 fully saturated rings. The second-order valence-electron chi connectivity index (χ2n) is 4.41. The van der Waals surface area contributed by atoms with Gasteiger partial charge in [-0.1, -0.05) is 0 Å². The Labute approximate surface area is 124 Å². The molecule has 0 saturated carbocycles. The van der Waals surface area contributed by atoms with E-state index in [1.807, 2.05) is 0 Å². The SMILES string of the molecule is O=C(O)Cn1cccc(OCc2ccc([N+](=O)[O-])cc2)c1=O. The summed E-state index contributed by atoms with van der Waals surface area (Å²) in [6.07, 6.45) is 1.36. The average molecular weight is 304 g/mol. The number of carboxylic acids is 1. The summed E-state index contributed by atoms with van der Waals surface area (Å²) in [6.45, 7) is -0.405. The molecule has 0 spiro atoms. The topological polar surface area (TPSA) is 112 Å². The highest BCUT2D eigenvalue weighted by atomic mass is 16.6. The smallest absolute Gasteiger partial charge is 0.323 e. The molecule has 0 aliphatic carbocycles. The Morgan fingerprint density at radius 3 is 2.55 bits per heavy atom. The van der Waals surface area contributed by atoms with Gasteiger partial charge < -0.3 is 14.4 Å². The first kappa shape index (κ1) is 15.2. The van der Waals surface area contributed by atoms with E-state index in [-0.39, 0.29) is 18.0 Å². The Morgan fingerprint density at radius 2 is 1.95 bits per heavy atom. The van der Waals surface area contributed by atoms with Crippen molar-refractivity contribution >= 4 is 11.7 Å². The second-order valence-corrected chi connectivity index (χ2v) is 4.41. The van der Waals surface area contributed by atoms with E-state index in [2.05, 4.69) is 0 Å². The summed E-state index contributed by atoms with van der Waals surface area (Å²) in [4.78, 5) is 32.6. The minimum absolute atomic E-state index is 0.0158. The molecule has 0 radical (unpaired) electrons. The van der Waals surface area contributed by atoms with Crippen LogP contribution in [0.1, 0.15) is 5.56 Å². The first-order valence-corrected chi connectivity index (χ1v) is 6.25. The molecule has 8 heteroatoms. The molecule has 114 valence electrons. The van der Waals surface area contributed by atoms with E-state index >= 15 is 0 Å². The van der Waals surface area contributed by atoms with Crippen LogP contribution in [0.5, 0.6) is 5.75 Å². The maximum absolute atomic E-state index is 12.0. The normalized spacial score (nSPS) is 10.2. The first-order valence-electron chi connectivity index (χ1n) is 6.25. The fourth-order valence-electron chi connectivity index (χ4n) is 1.77. The maximum Gasteiger partial charge on any atom is 0.323 e. The van der Waals surface area contributed by atoms with Gasteiger partial charge in [0.1, 0.15) is 13.2 Å². The minimum atomic E-state index is -1.13. The number of non-ortho nitro benzene ring substituents is 1. The molecule has 8 nitrogen and oxygen atoms in total. The van der Waals surface area contributed by atoms with Crippen molar-refractivity contribution in [1.82, 2.24) is 4.57 Å². The van der Waals surface area contributed by atoms with Crippen LogP contribution in [-0.4, -0.2) is 20.6 Å². The van der Waals surface area contributed by atoms with Crippen molar-refractivity contribution in [3.8, 4) is 5.75 Å². The number of hydrogen-bond donors (Lipinski definition) is 1. The molecule has 1 N–H and O–H groups in total. The van der Waals surface area contributed by atoms with Crippen LogP contribution < -0.4 is 10.3 Å². The number of carbonyl (C=O) groups is 1. The van der Waals surface area contributed by atoms with Crippen LogP contribution >= 0.6 is 0 Å². The quantitative estimate of drug-likeness (QED) is 0.638. The molecular weight excluding hydrogens is 292 g/mol. The van der Waals surface area contributed by atoms with Crippen molar-refractivity contribution in [3.63, 3.8) is 0 Å². The number of pyridine rings is 1. The van der Waals surface area contributed by atoms with Gasteiger partial charge in [-0.2, -0.15) is 0 Å². The first-order chi connectivity index (χ1) is 10.5. The van der Waals surface area contributed by atoms with Gasteiger partial charge in [0.2, 0.25) is 0 Å². The summed E-state index contributed by atoms with van der Waals surface area (Å²) in [5, 5.41) is 19.2. The highest BCUT2D eigenvalue weighted by Gasteiger charge is 2.08. The van der Waals surface area contributed by atoms with Gasteiger partial charge in [0.05, 0.1) is 4.92 Å². The Kier molecular flexibility index (Phi) is 4.52.